The number of carboxylic acid groups (broad SMARTS) is 1. The van der Waals surface area contributed by atoms with Crippen LogP contribution in [0.15, 0.2) is 18.2 Å². The number of carbonyl (C=O) groups is 2. The molecule has 1 atom stereocenters. The molecule has 2 aliphatic rings. The van der Waals surface area contributed by atoms with Crippen LogP contribution in [0.25, 0.3) is 0 Å². The lowest BCUT2D eigenvalue weighted by Gasteiger charge is -2.42. The maximum absolute atomic E-state index is 11.9. The van der Waals surface area contributed by atoms with Gasteiger partial charge in [0.05, 0.1) is 25.5 Å². The van der Waals surface area contributed by atoms with Gasteiger partial charge in [-0.25, -0.2) is 4.79 Å². The highest BCUT2D eigenvalue weighted by Gasteiger charge is 2.42. The SMILES string of the molecule is CCN1CC2(COCCN(Cc3cccc(C)n3)C2)OCC1=O.O=C(O)C(F)(F)F. The molecule has 1 spiro atoms. The Hall–Kier alpha value is -2.24. The lowest BCUT2D eigenvalue weighted by molar-refractivity contribution is -0.192. The minimum absolute atomic E-state index is 0.0641. The minimum Gasteiger partial charge on any atom is -0.475 e. The van der Waals surface area contributed by atoms with E-state index in [9.17, 15) is 18.0 Å². The van der Waals surface area contributed by atoms with Crippen LogP contribution in [-0.4, -0.2) is 89.5 Å². The van der Waals surface area contributed by atoms with Crippen molar-refractivity contribution in [2.45, 2.75) is 32.2 Å². The number of pyridine rings is 1. The molecule has 168 valence electrons. The maximum Gasteiger partial charge on any atom is 0.490 e. The van der Waals surface area contributed by atoms with E-state index in [1.165, 1.54) is 0 Å². The zero-order valence-corrected chi connectivity index (χ0v) is 16.9. The molecule has 1 amide bonds. The molecule has 3 heterocycles. The van der Waals surface area contributed by atoms with E-state index in [4.69, 9.17) is 19.4 Å². The van der Waals surface area contributed by atoms with Crippen molar-refractivity contribution in [1.29, 1.82) is 0 Å². The van der Waals surface area contributed by atoms with Gasteiger partial charge in [-0.3, -0.25) is 14.7 Å². The first kappa shape index (κ1) is 24.0. The van der Waals surface area contributed by atoms with Crippen LogP contribution in [0, 0.1) is 6.92 Å². The summed E-state index contributed by atoms with van der Waals surface area (Å²) in [6.07, 6.45) is -5.08. The topological polar surface area (TPSA) is 92.2 Å². The number of hydrogen-bond acceptors (Lipinski definition) is 6. The summed E-state index contributed by atoms with van der Waals surface area (Å²) in [5.74, 6) is -2.69. The summed E-state index contributed by atoms with van der Waals surface area (Å²) in [4.78, 5) is 29.5. The number of alkyl halides is 3. The number of halogens is 3. The summed E-state index contributed by atoms with van der Waals surface area (Å²) in [6.45, 7) is 9.06. The van der Waals surface area contributed by atoms with E-state index in [0.29, 0.717) is 26.3 Å². The fourth-order valence-corrected chi connectivity index (χ4v) is 3.29. The molecule has 3 rings (SSSR count). The third-order valence-electron chi connectivity index (χ3n) is 4.72. The van der Waals surface area contributed by atoms with Crippen LogP contribution in [0.3, 0.4) is 0 Å². The summed E-state index contributed by atoms with van der Waals surface area (Å²) >= 11 is 0. The van der Waals surface area contributed by atoms with Gasteiger partial charge in [-0.15, -0.1) is 0 Å². The molecule has 30 heavy (non-hydrogen) atoms. The Bertz CT molecular complexity index is 746. The van der Waals surface area contributed by atoms with Crippen molar-refractivity contribution in [2.75, 3.05) is 46.0 Å². The van der Waals surface area contributed by atoms with E-state index < -0.39 is 17.7 Å². The molecule has 1 aromatic rings. The second-order valence-corrected chi connectivity index (χ2v) is 7.22. The maximum atomic E-state index is 11.9. The lowest BCUT2D eigenvalue weighted by atomic mass is 10.0. The Morgan fingerprint density at radius 3 is 2.63 bits per heavy atom. The number of rotatable bonds is 3. The van der Waals surface area contributed by atoms with Crippen molar-refractivity contribution in [3.63, 3.8) is 0 Å². The number of carbonyl (C=O) groups excluding carboxylic acids is 1. The number of carboxylic acids is 1. The Balaban J connectivity index is 0.000000396. The van der Waals surface area contributed by atoms with Crippen LogP contribution < -0.4 is 0 Å². The molecule has 1 aromatic heterocycles. The second-order valence-electron chi connectivity index (χ2n) is 7.22. The number of aryl methyl sites for hydroxylation is 1. The Labute approximate surface area is 172 Å². The highest BCUT2D eigenvalue weighted by Crippen LogP contribution is 2.24. The van der Waals surface area contributed by atoms with Gasteiger partial charge in [-0.05, 0) is 26.0 Å². The highest BCUT2D eigenvalue weighted by atomic mass is 19.4. The normalized spacial score (nSPS) is 23.0. The van der Waals surface area contributed by atoms with Gasteiger partial charge < -0.3 is 19.5 Å². The van der Waals surface area contributed by atoms with Crippen molar-refractivity contribution in [1.82, 2.24) is 14.8 Å². The molecule has 2 fully saturated rings. The number of aliphatic carboxylic acids is 1. The van der Waals surface area contributed by atoms with E-state index in [2.05, 4.69) is 16.0 Å². The molecule has 0 aliphatic carbocycles. The summed E-state index contributed by atoms with van der Waals surface area (Å²) in [6, 6.07) is 6.09. The monoisotopic (exact) mass is 433 g/mol. The molecule has 2 saturated heterocycles. The predicted molar refractivity (Wildman–Crippen MR) is 99.7 cm³/mol. The van der Waals surface area contributed by atoms with Gasteiger partial charge in [0.2, 0.25) is 5.91 Å². The first-order valence-corrected chi connectivity index (χ1v) is 9.49. The molecule has 0 saturated carbocycles. The molecule has 1 N–H and O–H groups in total. The molecular weight excluding hydrogens is 407 g/mol. The number of nitrogens with zero attached hydrogens (tertiary/aromatic N) is 3. The first-order chi connectivity index (χ1) is 14.0. The van der Waals surface area contributed by atoms with Crippen LogP contribution >= 0.6 is 0 Å². The number of ether oxygens (including phenoxy) is 2. The van der Waals surface area contributed by atoms with E-state index in [0.717, 1.165) is 31.0 Å². The third kappa shape index (κ3) is 6.92. The summed E-state index contributed by atoms with van der Waals surface area (Å²) in [5, 5.41) is 7.12. The summed E-state index contributed by atoms with van der Waals surface area (Å²) in [7, 11) is 0. The summed E-state index contributed by atoms with van der Waals surface area (Å²) < 4.78 is 43.5. The minimum atomic E-state index is -5.08. The molecule has 0 radical (unpaired) electrons. The second kappa shape index (κ2) is 10.2. The fraction of sp³-hybridized carbons (Fsp3) is 0.632. The van der Waals surface area contributed by atoms with Crippen molar-refractivity contribution >= 4 is 11.9 Å². The Morgan fingerprint density at radius 2 is 2.03 bits per heavy atom. The van der Waals surface area contributed by atoms with E-state index in [1.54, 1.807) is 0 Å². The zero-order chi connectivity index (χ0) is 22.4. The number of likely N-dealkylation sites (N-methyl/N-ethyl adjacent to an activating group) is 1. The summed E-state index contributed by atoms with van der Waals surface area (Å²) in [5.41, 5.74) is 1.66. The van der Waals surface area contributed by atoms with Gasteiger partial charge >= 0.3 is 12.1 Å². The van der Waals surface area contributed by atoms with E-state index in [-0.39, 0.29) is 12.5 Å². The van der Waals surface area contributed by atoms with Crippen LogP contribution in [0.1, 0.15) is 18.3 Å². The van der Waals surface area contributed by atoms with Crippen molar-refractivity contribution in [3.8, 4) is 0 Å². The standard InChI is InChI=1S/C17H25N3O3.C2HF3O2/c1-3-20-12-17(23-10-16(20)21)11-19(7-8-22-13-17)9-15-6-4-5-14(2)18-15;3-2(4,5)1(6)7/h4-6H,3,7-13H2,1-2H3;(H,6,7). The number of amides is 1. The molecule has 2 aliphatic heterocycles. The Morgan fingerprint density at radius 1 is 1.33 bits per heavy atom. The van der Waals surface area contributed by atoms with Gasteiger partial charge in [0.25, 0.3) is 0 Å². The average molecular weight is 433 g/mol. The molecular formula is C19H26F3N3O5. The Kier molecular flexibility index (Phi) is 8.16. The molecule has 1 unspecified atom stereocenters. The average Bonchev–Trinajstić information content (AvgIpc) is 2.86. The number of morpholine rings is 1. The fourth-order valence-electron chi connectivity index (χ4n) is 3.29. The predicted octanol–water partition coefficient (Wildman–Crippen LogP) is 1.47. The molecule has 0 aromatic carbocycles. The lowest BCUT2D eigenvalue weighted by Crippen LogP contribution is -2.60. The molecule has 8 nitrogen and oxygen atoms in total. The van der Waals surface area contributed by atoms with Crippen LogP contribution in [0.2, 0.25) is 0 Å². The number of hydrogen-bond donors (Lipinski definition) is 1. The molecule has 11 heteroatoms. The van der Waals surface area contributed by atoms with Crippen LogP contribution in [-0.2, 0) is 25.6 Å². The third-order valence-corrected chi connectivity index (χ3v) is 4.72. The number of aromatic nitrogens is 1. The van der Waals surface area contributed by atoms with Crippen LogP contribution in [0.5, 0.6) is 0 Å². The van der Waals surface area contributed by atoms with Crippen molar-refractivity contribution in [2.24, 2.45) is 0 Å². The van der Waals surface area contributed by atoms with Crippen LogP contribution in [0.4, 0.5) is 13.2 Å². The largest absolute Gasteiger partial charge is 0.490 e. The smallest absolute Gasteiger partial charge is 0.475 e. The van der Waals surface area contributed by atoms with Gasteiger partial charge in [-0.1, -0.05) is 6.07 Å². The van der Waals surface area contributed by atoms with Crippen molar-refractivity contribution in [3.05, 3.63) is 29.6 Å². The first-order valence-electron chi connectivity index (χ1n) is 9.49. The van der Waals surface area contributed by atoms with E-state index >= 15 is 0 Å². The van der Waals surface area contributed by atoms with Gasteiger partial charge in [-0.2, -0.15) is 13.2 Å². The zero-order valence-electron chi connectivity index (χ0n) is 16.9. The van der Waals surface area contributed by atoms with E-state index in [1.807, 2.05) is 30.9 Å². The quantitative estimate of drug-likeness (QED) is 0.772. The molecule has 0 bridgehead atoms. The van der Waals surface area contributed by atoms with Gasteiger partial charge in [0, 0.05) is 31.9 Å². The van der Waals surface area contributed by atoms with Gasteiger partial charge in [0.15, 0.2) is 0 Å². The van der Waals surface area contributed by atoms with Gasteiger partial charge in [0.1, 0.15) is 12.2 Å². The van der Waals surface area contributed by atoms with Crippen molar-refractivity contribution < 1.29 is 37.3 Å². The highest BCUT2D eigenvalue weighted by molar-refractivity contribution is 5.78.